The normalized spacial score (nSPS) is 20.3. The van der Waals surface area contributed by atoms with Crippen molar-refractivity contribution >= 4 is 17.2 Å². The highest BCUT2D eigenvalue weighted by Crippen LogP contribution is 2.41. The van der Waals surface area contributed by atoms with Crippen LogP contribution in [0.1, 0.15) is 33.4 Å². The lowest BCUT2D eigenvalue weighted by Gasteiger charge is -2.03. The third kappa shape index (κ3) is 3.28. The SMILES string of the molecule is NCCc1nc(C(=O)NC2CC2c2cccc(F)c2)cs1. The first-order valence-corrected chi connectivity index (χ1v) is 7.76. The summed E-state index contributed by atoms with van der Waals surface area (Å²) in [6, 6.07) is 6.61. The molecule has 0 bridgehead atoms. The van der Waals surface area contributed by atoms with Gasteiger partial charge in [-0.2, -0.15) is 0 Å². The van der Waals surface area contributed by atoms with Crippen LogP contribution < -0.4 is 11.1 Å². The lowest BCUT2D eigenvalue weighted by molar-refractivity contribution is 0.0946. The zero-order valence-electron chi connectivity index (χ0n) is 11.4. The second kappa shape index (κ2) is 5.91. The molecule has 1 aromatic carbocycles. The van der Waals surface area contributed by atoms with Crippen molar-refractivity contribution in [3.8, 4) is 0 Å². The zero-order valence-corrected chi connectivity index (χ0v) is 12.2. The van der Waals surface area contributed by atoms with E-state index in [1.807, 2.05) is 6.07 Å². The summed E-state index contributed by atoms with van der Waals surface area (Å²) in [5.41, 5.74) is 6.84. The zero-order chi connectivity index (χ0) is 14.8. The Hall–Kier alpha value is -1.79. The van der Waals surface area contributed by atoms with Gasteiger partial charge in [-0.15, -0.1) is 11.3 Å². The summed E-state index contributed by atoms with van der Waals surface area (Å²) in [5, 5.41) is 5.57. The van der Waals surface area contributed by atoms with Gasteiger partial charge in [0.15, 0.2) is 0 Å². The summed E-state index contributed by atoms with van der Waals surface area (Å²) < 4.78 is 13.2. The molecule has 21 heavy (non-hydrogen) atoms. The Morgan fingerprint density at radius 1 is 1.52 bits per heavy atom. The predicted octanol–water partition coefficient (Wildman–Crippen LogP) is 2.07. The number of hydrogen-bond donors (Lipinski definition) is 2. The van der Waals surface area contributed by atoms with Gasteiger partial charge in [-0.25, -0.2) is 9.37 Å². The van der Waals surface area contributed by atoms with Gasteiger partial charge in [0.25, 0.3) is 5.91 Å². The van der Waals surface area contributed by atoms with Crippen LogP contribution in [0, 0.1) is 5.82 Å². The summed E-state index contributed by atoms with van der Waals surface area (Å²) in [6.07, 6.45) is 1.53. The van der Waals surface area contributed by atoms with E-state index >= 15 is 0 Å². The van der Waals surface area contributed by atoms with Crippen LogP contribution in [-0.2, 0) is 6.42 Å². The molecule has 1 aliphatic rings. The second-order valence-corrected chi connectivity index (χ2v) is 6.08. The van der Waals surface area contributed by atoms with Crippen LogP contribution in [0.25, 0.3) is 0 Å². The average molecular weight is 305 g/mol. The minimum atomic E-state index is -0.240. The molecule has 0 radical (unpaired) electrons. The van der Waals surface area contributed by atoms with E-state index in [2.05, 4.69) is 10.3 Å². The lowest BCUT2D eigenvalue weighted by atomic mass is 10.1. The predicted molar refractivity (Wildman–Crippen MR) is 79.9 cm³/mol. The molecule has 1 amide bonds. The number of carbonyl (C=O) groups is 1. The molecule has 0 saturated heterocycles. The van der Waals surface area contributed by atoms with Crippen molar-refractivity contribution in [1.29, 1.82) is 0 Å². The van der Waals surface area contributed by atoms with Crippen LogP contribution in [0.4, 0.5) is 4.39 Å². The van der Waals surface area contributed by atoms with E-state index in [4.69, 9.17) is 5.73 Å². The van der Waals surface area contributed by atoms with E-state index in [1.165, 1.54) is 23.5 Å². The smallest absolute Gasteiger partial charge is 0.270 e. The highest BCUT2D eigenvalue weighted by molar-refractivity contribution is 7.09. The number of thiazole rings is 1. The average Bonchev–Trinajstić information content (AvgIpc) is 3.06. The van der Waals surface area contributed by atoms with Gasteiger partial charge in [-0.1, -0.05) is 12.1 Å². The van der Waals surface area contributed by atoms with Gasteiger partial charge in [-0.05, 0) is 30.7 Å². The fraction of sp³-hybridized carbons (Fsp3) is 0.333. The Morgan fingerprint density at radius 3 is 3.14 bits per heavy atom. The maximum absolute atomic E-state index is 13.2. The first kappa shape index (κ1) is 14.2. The standard InChI is InChI=1S/C15H16FN3OS/c16-10-3-1-2-9(6-10)11-7-12(11)19-15(20)13-8-21-14(18-13)4-5-17/h1-3,6,8,11-12H,4-5,7,17H2,(H,19,20). The molecule has 4 nitrogen and oxygen atoms in total. The highest BCUT2D eigenvalue weighted by atomic mass is 32.1. The molecule has 0 aliphatic heterocycles. The van der Waals surface area contributed by atoms with E-state index in [9.17, 15) is 9.18 Å². The molecule has 1 heterocycles. The minimum Gasteiger partial charge on any atom is -0.347 e. The Bertz CT molecular complexity index is 658. The maximum Gasteiger partial charge on any atom is 0.270 e. The summed E-state index contributed by atoms with van der Waals surface area (Å²) in [4.78, 5) is 16.3. The van der Waals surface area contributed by atoms with Crippen molar-refractivity contribution in [2.75, 3.05) is 6.54 Å². The van der Waals surface area contributed by atoms with Gasteiger partial charge in [0.1, 0.15) is 11.5 Å². The summed E-state index contributed by atoms with van der Waals surface area (Å²) in [7, 11) is 0. The quantitative estimate of drug-likeness (QED) is 0.888. The highest BCUT2D eigenvalue weighted by Gasteiger charge is 2.40. The van der Waals surface area contributed by atoms with Crippen molar-refractivity contribution in [1.82, 2.24) is 10.3 Å². The molecule has 3 N–H and O–H groups in total. The number of halogens is 1. The van der Waals surface area contributed by atoms with Gasteiger partial charge in [0.2, 0.25) is 0 Å². The monoisotopic (exact) mass is 305 g/mol. The lowest BCUT2D eigenvalue weighted by Crippen LogP contribution is -2.26. The number of rotatable bonds is 5. The van der Waals surface area contributed by atoms with Crippen LogP contribution in [0.15, 0.2) is 29.6 Å². The molecule has 1 fully saturated rings. The fourth-order valence-corrected chi connectivity index (χ4v) is 3.15. The topological polar surface area (TPSA) is 68.0 Å². The van der Waals surface area contributed by atoms with E-state index in [-0.39, 0.29) is 23.7 Å². The van der Waals surface area contributed by atoms with Crippen molar-refractivity contribution in [2.24, 2.45) is 5.73 Å². The first-order valence-electron chi connectivity index (χ1n) is 6.88. The molecule has 0 spiro atoms. The van der Waals surface area contributed by atoms with E-state index in [0.29, 0.717) is 18.7 Å². The molecule has 1 saturated carbocycles. The number of aromatic nitrogens is 1. The number of nitrogens with one attached hydrogen (secondary N) is 1. The van der Waals surface area contributed by atoms with Crippen LogP contribution in [0.5, 0.6) is 0 Å². The number of nitrogens with zero attached hydrogens (tertiary/aromatic N) is 1. The summed E-state index contributed by atoms with van der Waals surface area (Å²) in [5.74, 6) is -0.208. The largest absolute Gasteiger partial charge is 0.347 e. The Morgan fingerprint density at radius 2 is 2.38 bits per heavy atom. The Kier molecular flexibility index (Phi) is 3.98. The molecular formula is C15H16FN3OS. The van der Waals surface area contributed by atoms with E-state index in [1.54, 1.807) is 11.4 Å². The van der Waals surface area contributed by atoms with E-state index in [0.717, 1.165) is 17.0 Å². The minimum absolute atomic E-state index is 0.0685. The van der Waals surface area contributed by atoms with Crippen molar-refractivity contribution < 1.29 is 9.18 Å². The molecule has 2 aromatic rings. The van der Waals surface area contributed by atoms with Crippen molar-refractivity contribution in [3.63, 3.8) is 0 Å². The third-order valence-corrected chi connectivity index (χ3v) is 4.43. The van der Waals surface area contributed by atoms with Gasteiger partial charge < -0.3 is 11.1 Å². The van der Waals surface area contributed by atoms with E-state index < -0.39 is 0 Å². The van der Waals surface area contributed by atoms with Gasteiger partial charge in [0, 0.05) is 23.8 Å². The molecule has 6 heteroatoms. The van der Waals surface area contributed by atoms with Crippen LogP contribution >= 0.6 is 11.3 Å². The summed E-state index contributed by atoms with van der Waals surface area (Å²) >= 11 is 1.45. The van der Waals surface area contributed by atoms with Gasteiger partial charge >= 0.3 is 0 Å². The number of hydrogen-bond acceptors (Lipinski definition) is 4. The second-order valence-electron chi connectivity index (χ2n) is 5.14. The molecular weight excluding hydrogens is 289 g/mol. The molecule has 1 aliphatic carbocycles. The van der Waals surface area contributed by atoms with Crippen LogP contribution in [0.3, 0.4) is 0 Å². The summed E-state index contributed by atoms with van der Waals surface area (Å²) in [6.45, 7) is 0.527. The van der Waals surface area contributed by atoms with Crippen LogP contribution in [0.2, 0.25) is 0 Å². The van der Waals surface area contributed by atoms with Crippen molar-refractivity contribution in [3.05, 3.63) is 51.7 Å². The van der Waals surface area contributed by atoms with Gasteiger partial charge in [-0.3, -0.25) is 4.79 Å². The number of amides is 1. The maximum atomic E-state index is 13.2. The Labute approximate surface area is 126 Å². The molecule has 2 unspecified atom stereocenters. The number of nitrogens with two attached hydrogens (primary N) is 1. The molecule has 110 valence electrons. The van der Waals surface area contributed by atoms with Gasteiger partial charge in [0.05, 0.1) is 5.01 Å². The third-order valence-electron chi connectivity index (χ3n) is 3.53. The molecule has 1 aromatic heterocycles. The van der Waals surface area contributed by atoms with Crippen LogP contribution in [-0.4, -0.2) is 23.5 Å². The fourth-order valence-electron chi connectivity index (χ4n) is 2.36. The van der Waals surface area contributed by atoms with Crippen molar-refractivity contribution in [2.45, 2.75) is 24.8 Å². The first-order chi connectivity index (χ1) is 10.2. The number of benzene rings is 1. The molecule has 2 atom stereocenters. The Balaban J connectivity index is 1.59. The molecule has 3 rings (SSSR count). The number of carbonyl (C=O) groups excluding carboxylic acids is 1.